The number of nitrogens with one attached hydrogen (secondary N) is 1. The number of benzene rings is 2. The second-order valence-electron chi connectivity index (χ2n) is 6.34. The Balaban J connectivity index is 1.61. The number of methoxy groups -OCH3 is 1. The molecule has 29 heavy (non-hydrogen) atoms. The standard InChI is InChI=1S/C21H18N4O4/c1-13(19-22-16-11-7-6-10-15(16)20(26)23-19)29-21(27)18-17(28-2)12-25(24-18)14-8-4-3-5-9-14/h3-13H,1-2H3,(H,22,23,26). The zero-order valence-electron chi connectivity index (χ0n) is 15.8. The Labute approximate surface area is 165 Å². The molecule has 0 saturated heterocycles. The van der Waals surface area contributed by atoms with Crippen molar-refractivity contribution in [1.82, 2.24) is 19.7 Å². The van der Waals surface area contributed by atoms with Gasteiger partial charge < -0.3 is 14.5 Å². The zero-order valence-corrected chi connectivity index (χ0v) is 15.8. The maximum absolute atomic E-state index is 12.7. The second-order valence-corrected chi connectivity index (χ2v) is 6.34. The number of carbonyl (C=O) groups is 1. The van der Waals surface area contributed by atoms with Crippen LogP contribution in [0.25, 0.3) is 16.6 Å². The molecule has 0 saturated carbocycles. The average molecular weight is 390 g/mol. The molecule has 8 heteroatoms. The third-order valence-electron chi connectivity index (χ3n) is 4.41. The number of para-hydroxylation sites is 2. The van der Waals surface area contributed by atoms with Gasteiger partial charge in [0.2, 0.25) is 5.69 Å². The van der Waals surface area contributed by atoms with Crippen molar-refractivity contribution in [2.24, 2.45) is 0 Å². The number of carbonyl (C=O) groups excluding carboxylic acids is 1. The first-order valence-electron chi connectivity index (χ1n) is 8.96. The predicted molar refractivity (Wildman–Crippen MR) is 106 cm³/mol. The van der Waals surface area contributed by atoms with Crippen molar-refractivity contribution in [3.63, 3.8) is 0 Å². The number of ether oxygens (including phenoxy) is 2. The van der Waals surface area contributed by atoms with Gasteiger partial charge in [-0.05, 0) is 31.2 Å². The maximum Gasteiger partial charge on any atom is 0.363 e. The molecule has 0 bridgehead atoms. The van der Waals surface area contributed by atoms with Crippen molar-refractivity contribution in [3.05, 3.63) is 82.7 Å². The monoisotopic (exact) mass is 390 g/mol. The van der Waals surface area contributed by atoms with Crippen molar-refractivity contribution in [3.8, 4) is 11.4 Å². The van der Waals surface area contributed by atoms with Crippen LogP contribution in [0.3, 0.4) is 0 Å². The fourth-order valence-corrected chi connectivity index (χ4v) is 2.93. The molecule has 0 radical (unpaired) electrons. The van der Waals surface area contributed by atoms with E-state index in [1.807, 2.05) is 30.3 Å². The van der Waals surface area contributed by atoms with Crippen LogP contribution in [-0.2, 0) is 4.74 Å². The molecule has 1 N–H and O–H groups in total. The molecule has 0 aliphatic carbocycles. The predicted octanol–water partition coefficient (Wildman–Crippen LogP) is 3.04. The lowest BCUT2D eigenvalue weighted by Crippen LogP contribution is -2.18. The summed E-state index contributed by atoms with van der Waals surface area (Å²) in [4.78, 5) is 32.0. The van der Waals surface area contributed by atoms with Crippen LogP contribution in [0.5, 0.6) is 5.75 Å². The number of nitrogens with zero attached hydrogens (tertiary/aromatic N) is 3. The molecule has 4 rings (SSSR count). The van der Waals surface area contributed by atoms with Gasteiger partial charge >= 0.3 is 5.97 Å². The Hall–Kier alpha value is -3.94. The number of rotatable bonds is 5. The highest BCUT2D eigenvalue weighted by Gasteiger charge is 2.23. The van der Waals surface area contributed by atoms with Crippen LogP contribution in [0.1, 0.15) is 29.3 Å². The number of aromatic nitrogens is 4. The van der Waals surface area contributed by atoms with E-state index in [4.69, 9.17) is 9.47 Å². The molecule has 1 unspecified atom stereocenters. The minimum Gasteiger partial charge on any atom is -0.493 e. The van der Waals surface area contributed by atoms with Crippen LogP contribution >= 0.6 is 0 Å². The van der Waals surface area contributed by atoms with Gasteiger partial charge in [0.15, 0.2) is 17.7 Å². The summed E-state index contributed by atoms with van der Waals surface area (Å²) in [5.41, 5.74) is 1.05. The first-order chi connectivity index (χ1) is 14.1. The molecular formula is C21H18N4O4. The largest absolute Gasteiger partial charge is 0.493 e. The minimum absolute atomic E-state index is 0.0336. The van der Waals surface area contributed by atoms with Crippen molar-refractivity contribution in [1.29, 1.82) is 0 Å². The lowest BCUT2D eigenvalue weighted by Gasteiger charge is -2.12. The number of H-pyrrole nitrogens is 1. The SMILES string of the molecule is COc1cn(-c2ccccc2)nc1C(=O)OC(C)c1nc2ccccc2c(=O)[nH]1. The molecule has 0 aliphatic heterocycles. The van der Waals surface area contributed by atoms with Gasteiger partial charge in [0.1, 0.15) is 0 Å². The second kappa shape index (κ2) is 7.59. The first kappa shape index (κ1) is 18.4. The highest BCUT2D eigenvalue weighted by molar-refractivity contribution is 5.90. The summed E-state index contributed by atoms with van der Waals surface area (Å²) in [6.45, 7) is 1.63. The third-order valence-corrected chi connectivity index (χ3v) is 4.41. The van der Waals surface area contributed by atoms with Crippen LogP contribution in [0.2, 0.25) is 0 Å². The molecule has 0 fully saturated rings. The molecule has 0 amide bonds. The van der Waals surface area contributed by atoms with E-state index < -0.39 is 12.1 Å². The van der Waals surface area contributed by atoms with Crippen LogP contribution in [0.15, 0.2) is 65.6 Å². The molecule has 2 aromatic carbocycles. The van der Waals surface area contributed by atoms with E-state index in [9.17, 15) is 9.59 Å². The summed E-state index contributed by atoms with van der Waals surface area (Å²) in [6, 6.07) is 16.3. The van der Waals surface area contributed by atoms with Crippen LogP contribution in [-0.4, -0.2) is 32.8 Å². The van der Waals surface area contributed by atoms with E-state index in [1.165, 1.54) is 11.8 Å². The maximum atomic E-state index is 12.7. The number of esters is 1. The van der Waals surface area contributed by atoms with Crippen molar-refractivity contribution >= 4 is 16.9 Å². The van der Waals surface area contributed by atoms with Crippen molar-refractivity contribution in [2.75, 3.05) is 7.11 Å². The van der Waals surface area contributed by atoms with Gasteiger partial charge in [-0.3, -0.25) is 4.79 Å². The van der Waals surface area contributed by atoms with Gasteiger partial charge in [0.05, 0.1) is 29.9 Å². The minimum atomic E-state index is -0.786. The van der Waals surface area contributed by atoms with Gasteiger partial charge in [-0.25, -0.2) is 14.5 Å². The fraction of sp³-hybridized carbons (Fsp3) is 0.143. The number of hydrogen-bond acceptors (Lipinski definition) is 6. The summed E-state index contributed by atoms with van der Waals surface area (Å²) in [5, 5.41) is 4.76. The summed E-state index contributed by atoms with van der Waals surface area (Å²) in [7, 11) is 1.45. The Kier molecular flexibility index (Phi) is 4.82. The molecule has 0 spiro atoms. The molecule has 1 atom stereocenters. The molecular weight excluding hydrogens is 372 g/mol. The lowest BCUT2D eigenvalue weighted by molar-refractivity contribution is 0.0309. The van der Waals surface area contributed by atoms with E-state index in [2.05, 4.69) is 15.1 Å². The lowest BCUT2D eigenvalue weighted by atomic mass is 10.2. The fourth-order valence-electron chi connectivity index (χ4n) is 2.93. The molecule has 2 heterocycles. The topological polar surface area (TPSA) is 99.1 Å². The van der Waals surface area contributed by atoms with Gasteiger partial charge in [0, 0.05) is 0 Å². The summed E-state index contributed by atoms with van der Waals surface area (Å²) in [5.74, 6) is -0.144. The zero-order chi connectivity index (χ0) is 20.4. The summed E-state index contributed by atoms with van der Waals surface area (Å²) in [6.07, 6.45) is 0.818. The molecule has 8 nitrogen and oxygen atoms in total. The molecule has 4 aromatic rings. The highest BCUT2D eigenvalue weighted by Crippen LogP contribution is 2.23. The Morgan fingerprint density at radius 3 is 2.59 bits per heavy atom. The van der Waals surface area contributed by atoms with Crippen LogP contribution in [0.4, 0.5) is 0 Å². The summed E-state index contributed by atoms with van der Waals surface area (Å²) < 4.78 is 12.3. The van der Waals surface area contributed by atoms with E-state index in [1.54, 1.807) is 37.4 Å². The normalized spacial score (nSPS) is 11.9. The van der Waals surface area contributed by atoms with Crippen molar-refractivity contribution < 1.29 is 14.3 Å². The average Bonchev–Trinajstić information content (AvgIpc) is 3.19. The number of fused-ring (bicyclic) bond motifs is 1. The Bertz CT molecular complexity index is 1230. The van der Waals surface area contributed by atoms with Gasteiger partial charge in [-0.15, -0.1) is 0 Å². The van der Waals surface area contributed by atoms with E-state index >= 15 is 0 Å². The van der Waals surface area contributed by atoms with E-state index in [0.29, 0.717) is 10.9 Å². The Morgan fingerprint density at radius 2 is 1.83 bits per heavy atom. The van der Waals surface area contributed by atoms with Gasteiger partial charge in [0.25, 0.3) is 5.56 Å². The quantitative estimate of drug-likeness (QED) is 0.526. The summed E-state index contributed by atoms with van der Waals surface area (Å²) >= 11 is 0. The molecule has 0 aliphatic rings. The Morgan fingerprint density at radius 1 is 1.10 bits per heavy atom. The van der Waals surface area contributed by atoms with E-state index in [-0.39, 0.29) is 22.8 Å². The van der Waals surface area contributed by atoms with Gasteiger partial charge in [-0.2, -0.15) is 5.10 Å². The van der Waals surface area contributed by atoms with E-state index in [0.717, 1.165) is 5.69 Å². The third kappa shape index (κ3) is 3.60. The number of hydrogen-bond donors (Lipinski definition) is 1. The highest BCUT2D eigenvalue weighted by atomic mass is 16.5. The van der Waals surface area contributed by atoms with Gasteiger partial charge in [-0.1, -0.05) is 30.3 Å². The van der Waals surface area contributed by atoms with Crippen molar-refractivity contribution in [2.45, 2.75) is 13.0 Å². The molecule has 2 aromatic heterocycles. The number of aromatic amines is 1. The molecule has 146 valence electrons. The van der Waals surface area contributed by atoms with Crippen LogP contribution < -0.4 is 10.3 Å². The first-order valence-corrected chi connectivity index (χ1v) is 8.96. The smallest absolute Gasteiger partial charge is 0.363 e. The van der Waals surface area contributed by atoms with Crippen LogP contribution in [0, 0.1) is 0 Å².